The van der Waals surface area contributed by atoms with Crippen molar-refractivity contribution in [2.75, 3.05) is 13.2 Å². The Kier molecular flexibility index (Phi) is 3.34. The number of fused-ring (bicyclic) bond motifs is 2. The lowest BCUT2D eigenvalue weighted by Gasteiger charge is -2.28. The number of esters is 1. The SMILES string of the molecule is O=C(CC1CC2CCC(C1)N2)OC1CCOC1. The predicted molar refractivity (Wildman–Crippen MR) is 62.6 cm³/mol. The van der Waals surface area contributed by atoms with Gasteiger partial charge in [-0.05, 0) is 31.6 Å². The maximum Gasteiger partial charge on any atom is 0.306 e. The summed E-state index contributed by atoms with van der Waals surface area (Å²) in [5, 5.41) is 3.59. The number of rotatable bonds is 3. The molecule has 3 heterocycles. The van der Waals surface area contributed by atoms with Gasteiger partial charge in [0.15, 0.2) is 0 Å². The zero-order chi connectivity index (χ0) is 11.7. The molecule has 4 nitrogen and oxygen atoms in total. The Morgan fingerprint density at radius 1 is 1.24 bits per heavy atom. The first-order valence-corrected chi connectivity index (χ1v) is 6.83. The molecule has 4 heteroatoms. The standard InChI is InChI=1S/C13H21NO3/c15-13(17-12-3-4-16-8-12)7-9-5-10-1-2-11(6-9)14-10/h9-12,14H,1-8H2. The molecule has 3 rings (SSSR count). The first-order chi connectivity index (χ1) is 8.29. The van der Waals surface area contributed by atoms with E-state index >= 15 is 0 Å². The van der Waals surface area contributed by atoms with Crippen LogP contribution in [-0.4, -0.2) is 37.4 Å². The zero-order valence-corrected chi connectivity index (χ0v) is 10.2. The number of hydrogen-bond donors (Lipinski definition) is 1. The molecule has 0 aromatic carbocycles. The van der Waals surface area contributed by atoms with Crippen molar-refractivity contribution in [1.82, 2.24) is 5.32 Å². The lowest BCUT2D eigenvalue weighted by Crippen LogP contribution is -2.38. The number of carbonyl (C=O) groups is 1. The molecular weight excluding hydrogens is 218 g/mol. The summed E-state index contributed by atoms with van der Waals surface area (Å²) in [6, 6.07) is 1.31. The van der Waals surface area contributed by atoms with Gasteiger partial charge in [0.1, 0.15) is 6.10 Å². The highest BCUT2D eigenvalue weighted by Gasteiger charge is 2.34. The first kappa shape index (κ1) is 11.5. The summed E-state index contributed by atoms with van der Waals surface area (Å²) >= 11 is 0. The van der Waals surface area contributed by atoms with E-state index in [0.29, 0.717) is 31.0 Å². The van der Waals surface area contributed by atoms with Crippen molar-refractivity contribution in [2.45, 2.75) is 56.7 Å². The van der Waals surface area contributed by atoms with Crippen LogP contribution in [0.15, 0.2) is 0 Å². The van der Waals surface area contributed by atoms with Crippen molar-refractivity contribution < 1.29 is 14.3 Å². The van der Waals surface area contributed by atoms with Crippen LogP contribution < -0.4 is 5.32 Å². The Hall–Kier alpha value is -0.610. The summed E-state index contributed by atoms with van der Waals surface area (Å²) in [7, 11) is 0. The molecule has 0 radical (unpaired) electrons. The van der Waals surface area contributed by atoms with Gasteiger partial charge in [-0.2, -0.15) is 0 Å². The Balaban J connectivity index is 1.44. The highest BCUT2D eigenvalue weighted by Crippen LogP contribution is 2.32. The van der Waals surface area contributed by atoms with Crippen molar-refractivity contribution in [1.29, 1.82) is 0 Å². The lowest BCUT2D eigenvalue weighted by molar-refractivity contribution is -0.150. The summed E-state index contributed by atoms with van der Waals surface area (Å²) in [5.74, 6) is 0.510. The van der Waals surface area contributed by atoms with E-state index in [0.717, 1.165) is 25.9 Å². The largest absolute Gasteiger partial charge is 0.460 e. The summed E-state index contributed by atoms with van der Waals surface area (Å²) in [5.41, 5.74) is 0. The first-order valence-electron chi connectivity index (χ1n) is 6.83. The molecule has 17 heavy (non-hydrogen) atoms. The molecule has 0 aromatic heterocycles. The third-order valence-electron chi connectivity index (χ3n) is 4.21. The van der Waals surface area contributed by atoms with Crippen LogP contribution >= 0.6 is 0 Å². The van der Waals surface area contributed by atoms with Gasteiger partial charge in [0.2, 0.25) is 0 Å². The monoisotopic (exact) mass is 239 g/mol. The van der Waals surface area contributed by atoms with Gasteiger partial charge in [0.05, 0.1) is 13.2 Å². The quantitative estimate of drug-likeness (QED) is 0.753. The van der Waals surface area contributed by atoms with Crippen LogP contribution in [0.3, 0.4) is 0 Å². The van der Waals surface area contributed by atoms with E-state index in [-0.39, 0.29) is 12.1 Å². The minimum atomic E-state index is -0.0215. The second-order valence-electron chi connectivity index (χ2n) is 5.65. The molecule has 0 spiro atoms. The number of piperidine rings is 1. The second-order valence-corrected chi connectivity index (χ2v) is 5.65. The van der Waals surface area contributed by atoms with Crippen LogP contribution in [0.25, 0.3) is 0 Å². The summed E-state index contributed by atoms with van der Waals surface area (Å²) in [6.45, 7) is 1.32. The van der Waals surface area contributed by atoms with Gasteiger partial charge >= 0.3 is 5.97 Å². The zero-order valence-electron chi connectivity index (χ0n) is 10.2. The predicted octanol–water partition coefficient (Wildman–Crippen LogP) is 1.24. The van der Waals surface area contributed by atoms with Crippen molar-refractivity contribution >= 4 is 5.97 Å². The molecule has 3 aliphatic rings. The number of carbonyl (C=O) groups excluding carboxylic acids is 1. The lowest BCUT2D eigenvalue weighted by atomic mass is 9.90. The summed E-state index contributed by atoms with van der Waals surface area (Å²) < 4.78 is 10.6. The molecule has 2 bridgehead atoms. The summed E-state index contributed by atoms with van der Waals surface area (Å²) in [4.78, 5) is 11.8. The molecule has 3 unspecified atom stereocenters. The fraction of sp³-hybridized carbons (Fsp3) is 0.923. The normalized spacial score (nSPS) is 40.5. The van der Waals surface area contributed by atoms with Crippen molar-refractivity contribution in [3.63, 3.8) is 0 Å². The van der Waals surface area contributed by atoms with Gasteiger partial charge in [0, 0.05) is 24.9 Å². The van der Waals surface area contributed by atoms with Gasteiger partial charge in [-0.1, -0.05) is 0 Å². The third-order valence-corrected chi connectivity index (χ3v) is 4.21. The van der Waals surface area contributed by atoms with Crippen LogP contribution in [0.1, 0.15) is 38.5 Å². The minimum absolute atomic E-state index is 0.0148. The summed E-state index contributed by atoms with van der Waals surface area (Å²) in [6.07, 6.45) is 6.34. The van der Waals surface area contributed by atoms with Gasteiger partial charge in [-0.25, -0.2) is 0 Å². The van der Waals surface area contributed by atoms with E-state index in [9.17, 15) is 4.79 Å². The number of ether oxygens (including phenoxy) is 2. The van der Waals surface area contributed by atoms with Crippen LogP contribution in [0.4, 0.5) is 0 Å². The molecule has 0 aliphatic carbocycles. The van der Waals surface area contributed by atoms with Crippen molar-refractivity contribution in [2.24, 2.45) is 5.92 Å². The Labute approximate surface area is 102 Å². The molecule has 1 N–H and O–H groups in total. The maximum atomic E-state index is 11.8. The van der Waals surface area contributed by atoms with E-state index in [2.05, 4.69) is 5.32 Å². The van der Waals surface area contributed by atoms with Crippen molar-refractivity contribution in [3.05, 3.63) is 0 Å². The van der Waals surface area contributed by atoms with Gasteiger partial charge in [0.25, 0.3) is 0 Å². The Morgan fingerprint density at radius 3 is 2.65 bits per heavy atom. The van der Waals surface area contributed by atoms with Crippen LogP contribution in [0.2, 0.25) is 0 Å². The van der Waals surface area contributed by atoms with Gasteiger partial charge < -0.3 is 14.8 Å². The topological polar surface area (TPSA) is 47.6 Å². The van der Waals surface area contributed by atoms with E-state index in [4.69, 9.17) is 9.47 Å². The van der Waals surface area contributed by atoms with Gasteiger partial charge in [-0.3, -0.25) is 4.79 Å². The number of hydrogen-bond acceptors (Lipinski definition) is 4. The van der Waals surface area contributed by atoms with Crippen LogP contribution in [-0.2, 0) is 14.3 Å². The smallest absolute Gasteiger partial charge is 0.306 e. The number of nitrogens with one attached hydrogen (secondary N) is 1. The fourth-order valence-electron chi connectivity index (χ4n) is 3.42. The molecule has 0 aromatic rings. The van der Waals surface area contributed by atoms with E-state index in [1.807, 2.05) is 0 Å². The Bertz CT molecular complexity index is 276. The minimum Gasteiger partial charge on any atom is -0.460 e. The van der Waals surface area contributed by atoms with Crippen LogP contribution in [0.5, 0.6) is 0 Å². The fourth-order valence-corrected chi connectivity index (χ4v) is 3.42. The molecule has 3 saturated heterocycles. The maximum absolute atomic E-state index is 11.8. The molecule has 96 valence electrons. The molecule has 0 saturated carbocycles. The Morgan fingerprint density at radius 2 is 2.00 bits per heavy atom. The average molecular weight is 239 g/mol. The molecule has 3 aliphatic heterocycles. The second kappa shape index (κ2) is 4.94. The van der Waals surface area contributed by atoms with Gasteiger partial charge in [-0.15, -0.1) is 0 Å². The molecular formula is C13H21NO3. The molecule has 3 fully saturated rings. The average Bonchev–Trinajstić information content (AvgIpc) is 2.89. The molecule has 0 amide bonds. The molecule has 3 atom stereocenters. The highest BCUT2D eigenvalue weighted by molar-refractivity contribution is 5.70. The van der Waals surface area contributed by atoms with E-state index < -0.39 is 0 Å². The van der Waals surface area contributed by atoms with Crippen molar-refractivity contribution in [3.8, 4) is 0 Å². The van der Waals surface area contributed by atoms with Crippen LogP contribution in [0, 0.1) is 5.92 Å². The highest BCUT2D eigenvalue weighted by atomic mass is 16.6. The van der Waals surface area contributed by atoms with E-state index in [1.54, 1.807) is 0 Å². The van der Waals surface area contributed by atoms with E-state index in [1.165, 1.54) is 12.8 Å². The third kappa shape index (κ3) is 2.80.